The average molecular weight is 484 g/mol. The fraction of sp³-hybridized carbons (Fsp3) is 0.348. The molecule has 162 valence electrons. The van der Waals surface area contributed by atoms with Crippen molar-refractivity contribution in [1.82, 2.24) is 24.8 Å². The van der Waals surface area contributed by atoms with Crippen LogP contribution in [-0.4, -0.2) is 70.5 Å². The molecular weight excluding hydrogens is 458 g/mol. The predicted octanol–water partition coefficient (Wildman–Crippen LogP) is 3.35. The van der Waals surface area contributed by atoms with E-state index in [2.05, 4.69) is 43.3 Å². The number of ether oxygens (including phenoxy) is 1. The molecule has 1 aliphatic heterocycles. The van der Waals surface area contributed by atoms with E-state index >= 15 is 0 Å². The van der Waals surface area contributed by atoms with E-state index in [1.807, 2.05) is 48.2 Å². The molecule has 0 bridgehead atoms. The van der Waals surface area contributed by atoms with Crippen molar-refractivity contribution >= 4 is 21.8 Å². The summed E-state index contributed by atoms with van der Waals surface area (Å²) >= 11 is 3.47. The molecule has 31 heavy (non-hydrogen) atoms. The SMILES string of the molecule is COc1ccc(CCN2CCN(C(=O)c3nnn(-c4cccc(Br)c4)c3C)CC2)cc1. The molecule has 1 saturated heterocycles. The van der Waals surface area contributed by atoms with Gasteiger partial charge in [0.25, 0.3) is 5.91 Å². The smallest absolute Gasteiger partial charge is 0.276 e. The zero-order chi connectivity index (χ0) is 21.8. The molecule has 1 aromatic heterocycles. The number of hydrogen-bond acceptors (Lipinski definition) is 5. The predicted molar refractivity (Wildman–Crippen MR) is 123 cm³/mol. The Kier molecular flexibility index (Phi) is 6.67. The third-order valence-electron chi connectivity index (χ3n) is 5.69. The van der Waals surface area contributed by atoms with Crippen LogP contribution in [0.3, 0.4) is 0 Å². The molecule has 2 heterocycles. The van der Waals surface area contributed by atoms with Crippen molar-refractivity contribution in [3.05, 3.63) is 70.0 Å². The first-order valence-electron chi connectivity index (χ1n) is 10.4. The highest BCUT2D eigenvalue weighted by molar-refractivity contribution is 9.10. The zero-order valence-corrected chi connectivity index (χ0v) is 19.4. The van der Waals surface area contributed by atoms with Crippen LogP contribution in [0.5, 0.6) is 5.75 Å². The van der Waals surface area contributed by atoms with Crippen LogP contribution < -0.4 is 4.74 Å². The van der Waals surface area contributed by atoms with Gasteiger partial charge >= 0.3 is 0 Å². The molecule has 7 nitrogen and oxygen atoms in total. The molecule has 0 N–H and O–H groups in total. The molecule has 0 radical (unpaired) electrons. The lowest BCUT2D eigenvalue weighted by Gasteiger charge is -2.34. The van der Waals surface area contributed by atoms with E-state index < -0.39 is 0 Å². The largest absolute Gasteiger partial charge is 0.497 e. The van der Waals surface area contributed by atoms with Gasteiger partial charge in [-0.25, -0.2) is 4.68 Å². The molecule has 8 heteroatoms. The molecule has 0 spiro atoms. The second-order valence-electron chi connectivity index (χ2n) is 7.65. The molecule has 4 rings (SSSR count). The number of nitrogens with zero attached hydrogens (tertiary/aromatic N) is 5. The maximum absolute atomic E-state index is 13.0. The lowest BCUT2D eigenvalue weighted by molar-refractivity contribution is 0.0632. The number of piperazine rings is 1. The van der Waals surface area contributed by atoms with Gasteiger partial charge in [0.2, 0.25) is 0 Å². The van der Waals surface area contributed by atoms with Gasteiger partial charge in [0, 0.05) is 37.2 Å². The molecule has 0 aliphatic carbocycles. The summed E-state index contributed by atoms with van der Waals surface area (Å²) in [6.45, 7) is 5.99. The van der Waals surface area contributed by atoms with Gasteiger partial charge in [-0.15, -0.1) is 5.10 Å². The van der Waals surface area contributed by atoms with E-state index in [4.69, 9.17) is 4.74 Å². The first-order valence-corrected chi connectivity index (χ1v) is 11.2. The Morgan fingerprint density at radius 1 is 1.10 bits per heavy atom. The highest BCUT2D eigenvalue weighted by Crippen LogP contribution is 2.19. The second kappa shape index (κ2) is 9.62. The summed E-state index contributed by atoms with van der Waals surface area (Å²) < 4.78 is 7.88. The molecule has 0 atom stereocenters. The van der Waals surface area contributed by atoms with Crippen molar-refractivity contribution in [2.24, 2.45) is 0 Å². The number of halogens is 1. The Balaban J connectivity index is 1.33. The number of rotatable bonds is 6. The standard InChI is InChI=1S/C23H26BrN5O2/c1-17-22(25-26-29(17)20-5-3-4-19(24)16-20)23(30)28-14-12-27(13-15-28)11-10-18-6-8-21(31-2)9-7-18/h3-9,16H,10-15H2,1-2H3. The van der Waals surface area contributed by atoms with Crippen molar-refractivity contribution in [3.63, 3.8) is 0 Å². The van der Waals surface area contributed by atoms with Crippen LogP contribution in [0.1, 0.15) is 21.7 Å². The molecule has 1 fully saturated rings. The van der Waals surface area contributed by atoms with Crippen molar-refractivity contribution in [3.8, 4) is 11.4 Å². The van der Waals surface area contributed by atoms with E-state index in [0.29, 0.717) is 18.8 Å². The van der Waals surface area contributed by atoms with Crippen molar-refractivity contribution < 1.29 is 9.53 Å². The number of methoxy groups -OCH3 is 1. The van der Waals surface area contributed by atoms with E-state index in [0.717, 1.165) is 47.7 Å². The Morgan fingerprint density at radius 2 is 1.84 bits per heavy atom. The zero-order valence-electron chi connectivity index (χ0n) is 17.8. The summed E-state index contributed by atoms with van der Waals surface area (Å²) in [4.78, 5) is 17.3. The summed E-state index contributed by atoms with van der Waals surface area (Å²) in [5.74, 6) is 0.830. The first-order chi connectivity index (χ1) is 15.0. The molecule has 0 saturated carbocycles. The van der Waals surface area contributed by atoms with Crippen LogP contribution in [-0.2, 0) is 6.42 Å². The van der Waals surface area contributed by atoms with E-state index in [1.54, 1.807) is 11.8 Å². The van der Waals surface area contributed by atoms with Crippen molar-refractivity contribution in [2.45, 2.75) is 13.3 Å². The highest BCUT2D eigenvalue weighted by atomic mass is 79.9. The second-order valence-corrected chi connectivity index (χ2v) is 8.56. The number of amides is 1. The third-order valence-corrected chi connectivity index (χ3v) is 6.18. The Morgan fingerprint density at radius 3 is 2.52 bits per heavy atom. The van der Waals surface area contributed by atoms with Gasteiger partial charge in [0.1, 0.15) is 5.75 Å². The van der Waals surface area contributed by atoms with E-state index in [1.165, 1.54) is 5.56 Å². The number of carbonyl (C=O) groups excluding carboxylic acids is 1. The van der Waals surface area contributed by atoms with Crippen LogP contribution in [0, 0.1) is 6.92 Å². The monoisotopic (exact) mass is 483 g/mol. The number of aromatic nitrogens is 3. The van der Waals surface area contributed by atoms with Gasteiger partial charge in [-0.1, -0.05) is 39.3 Å². The lowest BCUT2D eigenvalue weighted by Crippen LogP contribution is -2.49. The van der Waals surface area contributed by atoms with Crippen LogP contribution in [0.2, 0.25) is 0 Å². The lowest BCUT2D eigenvalue weighted by atomic mass is 10.1. The number of carbonyl (C=O) groups is 1. The van der Waals surface area contributed by atoms with Gasteiger partial charge in [-0.2, -0.15) is 0 Å². The molecule has 1 aliphatic rings. The minimum atomic E-state index is -0.0476. The number of hydrogen-bond donors (Lipinski definition) is 0. The molecule has 3 aromatic rings. The average Bonchev–Trinajstić information content (AvgIpc) is 3.19. The Hall–Kier alpha value is -2.71. The Bertz CT molecular complexity index is 1040. The van der Waals surface area contributed by atoms with E-state index in [9.17, 15) is 4.79 Å². The normalized spacial score (nSPS) is 14.6. The summed E-state index contributed by atoms with van der Waals surface area (Å²) in [5, 5.41) is 8.40. The van der Waals surface area contributed by atoms with Gasteiger partial charge in [-0.05, 0) is 49.2 Å². The van der Waals surface area contributed by atoms with Crippen LogP contribution in [0.4, 0.5) is 0 Å². The minimum Gasteiger partial charge on any atom is -0.497 e. The third kappa shape index (κ3) is 4.97. The maximum Gasteiger partial charge on any atom is 0.276 e. The fourth-order valence-electron chi connectivity index (χ4n) is 3.78. The summed E-state index contributed by atoms with van der Waals surface area (Å²) in [6.07, 6.45) is 0.984. The highest BCUT2D eigenvalue weighted by Gasteiger charge is 2.26. The molecule has 2 aromatic carbocycles. The first kappa shape index (κ1) is 21.5. The van der Waals surface area contributed by atoms with Gasteiger partial charge in [0.05, 0.1) is 18.5 Å². The minimum absolute atomic E-state index is 0.0476. The fourth-order valence-corrected chi connectivity index (χ4v) is 4.17. The topological polar surface area (TPSA) is 63.5 Å². The Labute approximate surface area is 190 Å². The quantitative estimate of drug-likeness (QED) is 0.537. The van der Waals surface area contributed by atoms with E-state index in [-0.39, 0.29) is 5.91 Å². The van der Waals surface area contributed by atoms with Crippen molar-refractivity contribution in [1.29, 1.82) is 0 Å². The summed E-state index contributed by atoms with van der Waals surface area (Å²) in [6, 6.07) is 16.0. The molecule has 1 amide bonds. The van der Waals surface area contributed by atoms with Crippen LogP contribution in [0.25, 0.3) is 5.69 Å². The van der Waals surface area contributed by atoms with Crippen LogP contribution in [0.15, 0.2) is 53.0 Å². The maximum atomic E-state index is 13.0. The van der Waals surface area contributed by atoms with Gasteiger partial charge < -0.3 is 9.64 Å². The van der Waals surface area contributed by atoms with Gasteiger partial charge in [0.15, 0.2) is 5.69 Å². The van der Waals surface area contributed by atoms with Crippen molar-refractivity contribution in [2.75, 3.05) is 39.8 Å². The summed E-state index contributed by atoms with van der Waals surface area (Å²) in [7, 11) is 1.68. The summed E-state index contributed by atoms with van der Waals surface area (Å²) in [5.41, 5.74) is 3.34. The van der Waals surface area contributed by atoms with Crippen LogP contribution >= 0.6 is 15.9 Å². The number of benzene rings is 2. The van der Waals surface area contributed by atoms with Gasteiger partial charge in [-0.3, -0.25) is 9.69 Å². The molecule has 0 unspecified atom stereocenters. The molecular formula is C23H26BrN5O2.